The minimum Gasteiger partial charge on any atom is -0.324 e. The number of hydrogen-bond donors (Lipinski definition) is 2. The van der Waals surface area contributed by atoms with Crippen LogP contribution in [0.15, 0.2) is 85.2 Å². The number of anilines is 1. The summed E-state index contributed by atoms with van der Waals surface area (Å²) in [5.41, 5.74) is 1.47. The van der Waals surface area contributed by atoms with Crippen molar-refractivity contribution >= 4 is 17.2 Å². The van der Waals surface area contributed by atoms with Gasteiger partial charge >= 0.3 is 6.18 Å². The molecule has 2 N–H and O–H groups in total. The van der Waals surface area contributed by atoms with Gasteiger partial charge in [-0.1, -0.05) is 42.5 Å². The molecular weight excluding hydrogens is 405 g/mol. The second-order valence-corrected chi connectivity index (χ2v) is 6.99. The highest BCUT2D eigenvalue weighted by molar-refractivity contribution is 5.95. The molecule has 2 heterocycles. The van der Waals surface area contributed by atoms with E-state index in [0.717, 1.165) is 23.5 Å². The van der Waals surface area contributed by atoms with Gasteiger partial charge in [-0.25, -0.2) is 4.98 Å². The molecule has 2 aromatic heterocycles. The van der Waals surface area contributed by atoms with E-state index in [1.807, 2.05) is 41.1 Å². The number of benzene rings is 2. The smallest absolute Gasteiger partial charge is 0.324 e. The van der Waals surface area contributed by atoms with Gasteiger partial charge < -0.3 is 9.72 Å². The maximum atomic E-state index is 13.0. The number of amides is 1. The molecule has 1 unspecified atom stereocenters. The molecule has 1 atom stereocenters. The Bertz CT molecular complexity index is 1160. The SMILES string of the molecule is O=C(Nc1cccc(C(F)(F)F)c1)C(NCc1cn2ccccc2n1)c1ccccc1. The van der Waals surface area contributed by atoms with Crippen molar-refractivity contribution in [1.29, 1.82) is 0 Å². The third-order valence-corrected chi connectivity index (χ3v) is 4.75. The molecule has 0 bridgehead atoms. The van der Waals surface area contributed by atoms with Gasteiger partial charge in [0.2, 0.25) is 5.91 Å². The maximum absolute atomic E-state index is 13.0. The van der Waals surface area contributed by atoms with Gasteiger partial charge in [0, 0.05) is 24.6 Å². The lowest BCUT2D eigenvalue weighted by Crippen LogP contribution is -2.33. The molecule has 8 heteroatoms. The Morgan fingerprint density at radius 2 is 1.77 bits per heavy atom. The van der Waals surface area contributed by atoms with Crippen LogP contribution < -0.4 is 10.6 Å². The molecule has 5 nitrogen and oxygen atoms in total. The van der Waals surface area contributed by atoms with Gasteiger partial charge in [0.05, 0.1) is 11.3 Å². The first-order valence-corrected chi connectivity index (χ1v) is 9.59. The standard InChI is InChI=1S/C23H19F3N4O/c24-23(25,26)17-9-6-10-18(13-17)29-22(31)21(16-7-2-1-3-8-16)27-14-19-15-30-12-5-4-11-20(30)28-19/h1-13,15,21,27H,14H2,(H,29,31). The Balaban J connectivity index is 1.54. The summed E-state index contributed by atoms with van der Waals surface area (Å²) in [6.07, 6.45) is -0.753. The van der Waals surface area contributed by atoms with Crippen molar-refractivity contribution in [3.05, 3.63) is 102 Å². The Hall–Kier alpha value is -3.65. The average Bonchev–Trinajstić information content (AvgIpc) is 3.17. The van der Waals surface area contributed by atoms with Crippen molar-refractivity contribution in [2.24, 2.45) is 0 Å². The van der Waals surface area contributed by atoms with Crippen LogP contribution in [0.25, 0.3) is 5.65 Å². The predicted molar refractivity (Wildman–Crippen MR) is 111 cm³/mol. The highest BCUT2D eigenvalue weighted by Crippen LogP contribution is 2.31. The topological polar surface area (TPSA) is 58.4 Å². The maximum Gasteiger partial charge on any atom is 0.416 e. The summed E-state index contributed by atoms with van der Waals surface area (Å²) in [5, 5.41) is 5.76. The number of carbonyl (C=O) groups excluding carboxylic acids is 1. The number of pyridine rings is 1. The van der Waals surface area contributed by atoms with Crippen molar-refractivity contribution in [1.82, 2.24) is 14.7 Å². The van der Waals surface area contributed by atoms with Crippen molar-refractivity contribution in [3.63, 3.8) is 0 Å². The van der Waals surface area contributed by atoms with E-state index < -0.39 is 23.7 Å². The lowest BCUT2D eigenvalue weighted by molar-refractivity contribution is -0.137. The van der Waals surface area contributed by atoms with Crippen LogP contribution >= 0.6 is 0 Å². The molecule has 4 aromatic rings. The van der Waals surface area contributed by atoms with Crippen LogP contribution in [0.1, 0.15) is 22.9 Å². The fraction of sp³-hybridized carbons (Fsp3) is 0.130. The van der Waals surface area contributed by atoms with Gasteiger partial charge in [-0.2, -0.15) is 13.2 Å². The lowest BCUT2D eigenvalue weighted by atomic mass is 10.1. The zero-order chi connectivity index (χ0) is 21.8. The van der Waals surface area contributed by atoms with Gasteiger partial charge in [0.1, 0.15) is 11.7 Å². The van der Waals surface area contributed by atoms with Crippen molar-refractivity contribution < 1.29 is 18.0 Å². The molecule has 31 heavy (non-hydrogen) atoms. The minimum absolute atomic E-state index is 0.0790. The van der Waals surface area contributed by atoms with E-state index in [1.165, 1.54) is 12.1 Å². The normalized spacial score (nSPS) is 12.6. The average molecular weight is 424 g/mol. The first-order chi connectivity index (χ1) is 14.9. The van der Waals surface area contributed by atoms with Crippen LogP contribution in [-0.4, -0.2) is 15.3 Å². The summed E-state index contributed by atoms with van der Waals surface area (Å²) >= 11 is 0. The monoisotopic (exact) mass is 424 g/mol. The Labute approximate surface area is 176 Å². The molecule has 1 amide bonds. The summed E-state index contributed by atoms with van der Waals surface area (Å²) in [7, 11) is 0. The van der Waals surface area contributed by atoms with Gasteiger partial charge in [0.25, 0.3) is 0 Å². The van der Waals surface area contributed by atoms with Crippen LogP contribution in [0.4, 0.5) is 18.9 Å². The van der Waals surface area contributed by atoms with Gasteiger partial charge in [0.15, 0.2) is 0 Å². The summed E-state index contributed by atoms with van der Waals surface area (Å²) in [6.45, 7) is 0.303. The van der Waals surface area contributed by atoms with Crippen LogP contribution in [-0.2, 0) is 17.5 Å². The highest BCUT2D eigenvalue weighted by atomic mass is 19.4. The van der Waals surface area contributed by atoms with E-state index in [0.29, 0.717) is 12.1 Å². The van der Waals surface area contributed by atoms with Crippen molar-refractivity contribution in [2.45, 2.75) is 18.8 Å². The summed E-state index contributed by atoms with van der Waals surface area (Å²) in [6, 6.07) is 18.4. The number of alkyl halides is 3. The number of carbonyl (C=O) groups is 1. The van der Waals surface area contributed by atoms with Gasteiger partial charge in [-0.15, -0.1) is 0 Å². The molecule has 2 aromatic carbocycles. The fourth-order valence-corrected chi connectivity index (χ4v) is 3.27. The number of imidazole rings is 1. The van der Waals surface area contributed by atoms with E-state index in [-0.39, 0.29) is 5.69 Å². The first-order valence-electron chi connectivity index (χ1n) is 9.59. The molecule has 0 aliphatic rings. The second kappa shape index (κ2) is 8.61. The summed E-state index contributed by atoms with van der Waals surface area (Å²) in [5.74, 6) is -0.464. The number of aromatic nitrogens is 2. The van der Waals surface area contributed by atoms with E-state index in [2.05, 4.69) is 15.6 Å². The zero-order valence-corrected chi connectivity index (χ0v) is 16.3. The predicted octanol–water partition coefficient (Wildman–Crippen LogP) is 4.82. The van der Waals surface area contributed by atoms with E-state index in [4.69, 9.17) is 0 Å². The quantitative estimate of drug-likeness (QED) is 0.467. The molecular formula is C23H19F3N4O. The number of hydrogen-bond acceptors (Lipinski definition) is 3. The summed E-state index contributed by atoms with van der Waals surface area (Å²) in [4.78, 5) is 17.5. The number of fused-ring (bicyclic) bond motifs is 1. The molecule has 0 saturated heterocycles. The van der Waals surface area contributed by atoms with Crippen molar-refractivity contribution in [3.8, 4) is 0 Å². The Kier molecular flexibility index (Phi) is 5.73. The Morgan fingerprint density at radius 1 is 1.00 bits per heavy atom. The fourth-order valence-electron chi connectivity index (χ4n) is 3.27. The van der Waals surface area contributed by atoms with E-state index in [9.17, 15) is 18.0 Å². The zero-order valence-electron chi connectivity index (χ0n) is 16.3. The van der Waals surface area contributed by atoms with Gasteiger partial charge in [-0.05, 0) is 35.9 Å². The largest absolute Gasteiger partial charge is 0.416 e. The van der Waals surface area contributed by atoms with E-state index in [1.54, 1.807) is 24.3 Å². The van der Waals surface area contributed by atoms with Gasteiger partial charge in [-0.3, -0.25) is 10.1 Å². The molecule has 0 saturated carbocycles. The van der Waals surface area contributed by atoms with Crippen molar-refractivity contribution in [2.75, 3.05) is 5.32 Å². The molecule has 0 fully saturated rings. The number of halogens is 3. The Morgan fingerprint density at radius 3 is 2.52 bits per heavy atom. The third kappa shape index (κ3) is 4.92. The number of rotatable bonds is 6. The van der Waals surface area contributed by atoms with Crippen LogP contribution in [0.3, 0.4) is 0 Å². The third-order valence-electron chi connectivity index (χ3n) is 4.75. The molecule has 0 aliphatic heterocycles. The number of nitrogens with one attached hydrogen (secondary N) is 2. The molecule has 0 aliphatic carbocycles. The van der Waals surface area contributed by atoms with E-state index >= 15 is 0 Å². The second-order valence-electron chi connectivity index (χ2n) is 6.99. The first kappa shape index (κ1) is 20.6. The lowest BCUT2D eigenvalue weighted by Gasteiger charge is -2.19. The molecule has 158 valence electrons. The molecule has 4 rings (SSSR count). The molecule has 0 radical (unpaired) electrons. The number of nitrogens with zero attached hydrogens (tertiary/aromatic N) is 2. The van der Waals surface area contributed by atoms with Crippen LogP contribution in [0.5, 0.6) is 0 Å². The molecule has 0 spiro atoms. The summed E-state index contributed by atoms with van der Waals surface area (Å²) < 4.78 is 40.8. The van der Waals surface area contributed by atoms with Crippen LogP contribution in [0.2, 0.25) is 0 Å². The van der Waals surface area contributed by atoms with Crippen LogP contribution in [0, 0.1) is 0 Å². The highest BCUT2D eigenvalue weighted by Gasteiger charge is 2.30. The minimum atomic E-state index is -4.49.